The van der Waals surface area contributed by atoms with Crippen LogP contribution in [0.25, 0.3) is 11.0 Å². The normalized spacial score (nSPS) is 11.8. The first-order valence-electron chi connectivity index (χ1n) is 9.59. The molecule has 1 heterocycles. The van der Waals surface area contributed by atoms with E-state index in [0.717, 1.165) is 41.8 Å². The van der Waals surface area contributed by atoms with E-state index in [0.29, 0.717) is 12.5 Å². The maximum absolute atomic E-state index is 12.2. The fourth-order valence-electron chi connectivity index (χ4n) is 2.86. The molecular weight excluding hydrogens is 522 g/mol. The van der Waals surface area contributed by atoms with Gasteiger partial charge >= 0.3 is 6.18 Å². The lowest BCUT2D eigenvalue weighted by Gasteiger charge is -2.12. The molecule has 2 aromatic carbocycles. The third-order valence-electron chi connectivity index (χ3n) is 4.33. The lowest BCUT2D eigenvalue weighted by atomic mass is 10.2. The third kappa shape index (κ3) is 8.27. The van der Waals surface area contributed by atoms with Crippen LogP contribution in [0.3, 0.4) is 0 Å². The standard InChI is InChI=1S/C21H24F3N5O.HI/c1-25-20(26-12-4-7-19-28-17-5-2-3-6-18(17)29-19)27-13-15-8-10-16(11-9-15)30-14-21(22,23)24;/h2-3,5-6,8-11H,4,7,12-14H2,1H3,(H,28,29)(H2,25,26,27);1H. The van der Waals surface area contributed by atoms with Crippen molar-refractivity contribution in [3.8, 4) is 5.75 Å². The van der Waals surface area contributed by atoms with Crippen molar-refractivity contribution in [3.05, 3.63) is 59.9 Å². The first kappa shape index (κ1) is 24.8. The van der Waals surface area contributed by atoms with Gasteiger partial charge in [0.25, 0.3) is 0 Å². The Morgan fingerprint density at radius 3 is 2.52 bits per heavy atom. The van der Waals surface area contributed by atoms with Gasteiger partial charge in [0.15, 0.2) is 12.6 Å². The van der Waals surface area contributed by atoms with Gasteiger partial charge in [0, 0.05) is 26.6 Å². The molecule has 0 aliphatic heterocycles. The molecule has 31 heavy (non-hydrogen) atoms. The fourth-order valence-corrected chi connectivity index (χ4v) is 2.86. The van der Waals surface area contributed by atoms with E-state index in [-0.39, 0.29) is 29.7 Å². The molecule has 10 heteroatoms. The Hall–Kier alpha value is -2.50. The highest BCUT2D eigenvalue weighted by molar-refractivity contribution is 14.0. The van der Waals surface area contributed by atoms with Gasteiger partial charge in [0.05, 0.1) is 11.0 Å². The number of aromatic nitrogens is 2. The molecular formula is C21H25F3IN5O. The maximum Gasteiger partial charge on any atom is 0.422 e. The minimum absolute atomic E-state index is 0. The third-order valence-corrected chi connectivity index (χ3v) is 4.33. The number of fused-ring (bicyclic) bond motifs is 1. The quantitative estimate of drug-likeness (QED) is 0.169. The number of ether oxygens (including phenoxy) is 1. The number of nitrogens with one attached hydrogen (secondary N) is 3. The zero-order valence-corrected chi connectivity index (χ0v) is 19.3. The van der Waals surface area contributed by atoms with Crippen LogP contribution in [0.2, 0.25) is 0 Å². The van der Waals surface area contributed by atoms with Gasteiger partial charge in [-0.05, 0) is 36.2 Å². The minimum Gasteiger partial charge on any atom is -0.484 e. The second kappa shape index (κ2) is 11.8. The zero-order valence-electron chi connectivity index (χ0n) is 17.0. The summed E-state index contributed by atoms with van der Waals surface area (Å²) >= 11 is 0. The van der Waals surface area contributed by atoms with Gasteiger partial charge < -0.3 is 20.4 Å². The molecule has 0 saturated carbocycles. The molecule has 3 N–H and O–H groups in total. The Balaban J connectivity index is 0.00000341. The Bertz CT molecular complexity index is 940. The van der Waals surface area contributed by atoms with Crippen LogP contribution in [0, 0.1) is 0 Å². The van der Waals surface area contributed by atoms with Crippen molar-refractivity contribution in [2.45, 2.75) is 25.6 Å². The summed E-state index contributed by atoms with van der Waals surface area (Å²) in [7, 11) is 1.68. The van der Waals surface area contributed by atoms with E-state index in [1.807, 2.05) is 24.3 Å². The molecule has 6 nitrogen and oxygen atoms in total. The number of hydrogen-bond acceptors (Lipinski definition) is 3. The van der Waals surface area contributed by atoms with Gasteiger partial charge in [0.2, 0.25) is 0 Å². The maximum atomic E-state index is 12.2. The van der Waals surface area contributed by atoms with E-state index < -0.39 is 12.8 Å². The minimum atomic E-state index is -4.34. The summed E-state index contributed by atoms with van der Waals surface area (Å²) in [6, 6.07) is 14.4. The van der Waals surface area contributed by atoms with E-state index in [2.05, 4.69) is 25.6 Å². The van der Waals surface area contributed by atoms with E-state index in [1.54, 1.807) is 19.2 Å². The highest BCUT2D eigenvalue weighted by Gasteiger charge is 2.28. The zero-order chi connectivity index (χ0) is 21.4. The van der Waals surface area contributed by atoms with Crippen LogP contribution in [0.1, 0.15) is 17.8 Å². The molecule has 0 unspecified atom stereocenters. The van der Waals surface area contributed by atoms with Crippen molar-refractivity contribution < 1.29 is 17.9 Å². The lowest BCUT2D eigenvalue weighted by molar-refractivity contribution is -0.153. The Labute approximate surface area is 195 Å². The Kier molecular flexibility index (Phi) is 9.41. The molecule has 0 saturated heterocycles. The number of H-pyrrole nitrogens is 1. The highest BCUT2D eigenvalue weighted by Crippen LogP contribution is 2.18. The number of para-hydroxylation sites is 2. The van der Waals surface area contributed by atoms with E-state index >= 15 is 0 Å². The predicted octanol–water partition coefficient (Wildman–Crippen LogP) is 4.42. The van der Waals surface area contributed by atoms with Crippen LogP contribution >= 0.6 is 24.0 Å². The summed E-state index contributed by atoms with van der Waals surface area (Å²) in [5.74, 6) is 1.79. The molecule has 0 spiro atoms. The van der Waals surface area contributed by atoms with Crippen LogP contribution in [0.4, 0.5) is 13.2 Å². The second-order valence-corrected chi connectivity index (χ2v) is 6.70. The van der Waals surface area contributed by atoms with Gasteiger partial charge in [0.1, 0.15) is 11.6 Å². The monoisotopic (exact) mass is 547 g/mol. The summed E-state index contributed by atoms with van der Waals surface area (Å²) in [5, 5.41) is 6.42. The summed E-state index contributed by atoms with van der Waals surface area (Å²) in [5.41, 5.74) is 2.90. The smallest absolute Gasteiger partial charge is 0.422 e. The number of benzene rings is 2. The predicted molar refractivity (Wildman–Crippen MR) is 126 cm³/mol. The molecule has 0 aliphatic rings. The van der Waals surface area contributed by atoms with Crippen LogP contribution in [0.15, 0.2) is 53.5 Å². The van der Waals surface area contributed by atoms with Gasteiger partial charge in [-0.15, -0.1) is 24.0 Å². The number of guanidine groups is 1. The number of alkyl halides is 3. The van der Waals surface area contributed by atoms with Gasteiger partial charge in [-0.25, -0.2) is 4.98 Å². The first-order valence-corrected chi connectivity index (χ1v) is 9.59. The van der Waals surface area contributed by atoms with Crippen LogP contribution in [0.5, 0.6) is 5.75 Å². The van der Waals surface area contributed by atoms with Crippen molar-refractivity contribution in [2.24, 2.45) is 4.99 Å². The van der Waals surface area contributed by atoms with E-state index in [4.69, 9.17) is 4.74 Å². The van der Waals surface area contributed by atoms with Gasteiger partial charge in [-0.3, -0.25) is 4.99 Å². The number of halogens is 4. The largest absolute Gasteiger partial charge is 0.484 e. The molecule has 168 valence electrons. The molecule has 0 bridgehead atoms. The number of imidazole rings is 1. The van der Waals surface area contributed by atoms with Crippen molar-refractivity contribution >= 4 is 41.0 Å². The molecule has 0 aliphatic carbocycles. The molecule has 0 fully saturated rings. The van der Waals surface area contributed by atoms with Crippen molar-refractivity contribution in [1.82, 2.24) is 20.6 Å². The summed E-state index contributed by atoms with van der Waals surface area (Å²) in [6.45, 7) is -0.0844. The summed E-state index contributed by atoms with van der Waals surface area (Å²) in [4.78, 5) is 12.0. The molecule has 3 rings (SSSR count). The number of aliphatic imine (C=N–C) groups is 1. The fraction of sp³-hybridized carbons (Fsp3) is 0.333. The summed E-state index contributed by atoms with van der Waals surface area (Å²) in [6.07, 6.45) is -2.65. The van der Waals surface area contributed by atoms with Gasteiger partial charge in [-0.1, -0.05) is 24.3 Å². The Morgan fingerprint density at radius 1 is 1.10 bits per heavy atom. The lowest BCUT2D eigenvalue weighted by Crippen LogP contribution is -2.37. The van der Waals surface area contributed by atoms with E-state index in [9.17, 15) is 13.2 Å². The highest BCUT2D eigenvalue weighted by atomic mass is 127. The number of aryl methyl sites for hydroxylation is 1. The van der Waals surface area contributed by atoms with Crippen LogP contribution in [-0.4, -0.2) is 42.3 Å². The van der Waals surface area contributed by atoms with Crippen molar-refractivity contribution in [2.75, 3.05) is 20.2 Å². The second-order valence-electron chi connectivity index (χ2n) is 6.70. The molecule has 0 amide bonds. The molecule has 0 atom stereocenters. The number of nitrogens with zero attached hydrogens (tertiary/aromatic N) is 2. The van der Waals surface area contributed by atoms with E-state index in [1.165, 1.54) is 12.1 Å². The van der Waals surface area contributed by atoms with Crippen molar-refractivity contribution in [1.29, 1.82) is 0 Å². The summed E-state index contributed by atoms with van der Waals surface area (Å²) < 4.78 is 41.2. The Morgan fingerprint density at radius 2 is 1.84 bits per heavy atom. The van der Waals surface area contributed by atoms with Gasteiger partial charge in [-0.2, -0.15) is 13.2 Å². The SMILES string of the molecule is CN=C(NCCCc1nc2ccccc2[nH]1)NCc1ccc(OCC(F)(F)F)cc1.I. The molecule has 0 radical (unpaired) electrons. The van der Waals surface area contributed by atoms with Crippen LogP contribution in [-0.2, 0) is 13.0 Å². The average Bonchev–Trinajstić information content (AvgIpc) is 3.15. The molecule has 3 aromatic rings. The van der Waals surface area contributed by atoms with Crippen molar-refractivity contribution in [3.63, 3.8) is 0 Å². The number of rotatable bonds is 8. The number of hydrogen-bond donors (Lipinski definition) is 3. The first-order chi connectivity index (χ1) is 14.4. The van der Waals surface area contributed by atoms with Crippen LogP contribution < -0.4 is 15.4 Å². The number of aromatic amines is 1. The average molecular weight is 547 g/mol. The molecule has 1 aromatic heterocycles. The topological polar surface area (TPSA) is 74.3 Å².